The number of aryl methyl sites for hydroxylation is 2. The summed E-state index contributed by atoms with van der Waals surface area (Å²) in [6, 6.07) is 26.2. The number of methoxy groups -OCH3 is 1. The second-order valence-electron chi connectivity index (χ2n) is 8.01. The predicted molar refractivity (Wildman–Crippen MR) is 143 cm³/mol. The van der Waals surface area contributed by atoms with E-state index in [4.69, 9.17) is 14.4 Å². The number of oxazole rings is 1. The molecule has 0 unspecified atom stereocenters. The van der Waals surface area contributed by atoms with E-state index in [9.17, 15) is 9.59 Å². The van der Waals surface area contributed by atoms with E-state index in [1.165, 1.54) is 11.6 Å². The monoisotopic (exact) mass is 493 g/mol. The van der Waals surface area contributed by atoms with E-state index in [0.717, 1.165) is 16.9 Å². The van der Waals surface area contributed by atoms with E-state index >= 15 is 0 Å². The average Bonchev–Trinajstić information content (AvgIpc) is 3.31. The van der Waals surface area contributed by atoms with E-state index in [1.54, 1.807) is 50.4 Å². The summed E-state index contributed by atoms with van der Waals surface area (Å²) in [7, 11) is 1.57. The number of nitrogens with one attached hydrogen (secondary N) is 1. The van der Waals surface area contributed by atoms with E-state index in [1.807, 2.05) is 61.5 Å². The molecule has 0 saturated carbocycles. The first-order chi connectivity index (χ1) is 17.9. The van der Waals surface area contributed by atoms with Gasteiger partial charge < -0.3 is 14.5 Å². The van der Waals surface area contributed by atoms with Gasteiger partial charge in [-0.3, -0.25) is 9.59 Å². The maximum absolute atomic E-state index is 12.3. The van der Waals surface area contributed by atoms with Crippen molar-refractivity contribution in [3.8, 4) is 23.3 Å². The summed E-state index contributed by atoms with van der Waals surface area (Å²) in [4.78, 5) is 27.7. The summed E-state index contributed by atoms with van der Waals surface area (Å²) < 4.78 is 10.6. The second-order valence-corrected chi connectivity index (χ2v) is 8.01. The minimum Gasteiger partial charge on any atom is -0.497 e. The molecule has 0 atom stereocenters. The molecule has 4 rings (SSSR count). The van der Waals surface area contributed by atoms with Crippen LogP contribution in [0.5, 0.6) is 5.75 Å². The molecule has 0 bridgehead atoms. The van der Waals surface area contributed by atoms with Crippen LogP contribution in [0.2, 0.25) is 0 Å². The van der Waals surface area contributed by atoms with Gasteiger partial charge >= 0.3 is 0 Å². The van der Waals surface area contributed by atoms with Crippen LogP contribution in [-0.4, -0.2) is 23.8 Å². The largest absolute Gasteiger partial charge is 0.497 e. The Morgan fingerprint density at radius 1 is 1.00 bits per heavy atom. The molecule has 186 valence electrons. The van der Waals surface area contributed by atoms with Crippen molar-refractivity contribution in [1.82, 2.24) is 4.98 Å². The number of ketones is 1. The Kier molecular flexibility index (Phi) is 9.51. The first-order valence-corrected chi connectivity index (χ1v) is 11.5. The SMILES string of the molecule is COc1ccc(NC(=O)CC#N)cc1.Cc1ccc(/C=C/C(=O)c2nc(-c3ccccc3)oc2C)cc1. The fraction of sp³-hybridized carbons (Fsp3) is 0.133. The molecule has 0 fully saturated rings. The van der Waals surface area contributed by atoms with Crippen molar-refractivity contribution in [2.75, 3.05) is 12.4 Å². The molecule has 0 aliphatic rings. The predicted octanol–water partition coefficient (Wildman–Crippen LogP) is 6.40. The molecule has 7 heteroatoms. The summed E-state index contributed by atoms with van der Waals surface area (Å²) in [5.41, 5.74) is 4.04. The van der Waals surface area contributed by atoms with Gasteiger partial charge in [0.15, 0.2) is 5.69 Å². The lowest BCUT2D eigenvalue weighted by Gasteiger charge is -2.03. The van der Waals surface area contributed by atoms with Crippen LogP contribution in [0.25, 0.3) is 17.5 Å². The summed E-state index contributed by atoms with van der Waals surface area (Å²) in [6.07, 6.45) is 3.19. The third kappa shape index (κ3) is 8.05. The Morgan fingerprint density at radius 2 is 1.68 bits per heavy atom. The molecule has 0 radical (unpaired) electrons. The first kappa shape index (κ1) is 26.6. The number of aromatic nitrogens is 1. The number of hydrogen-bond acceptors (Lipinski definition) is 6. The molecule has 0 spiro atoms. The standard InChI is InChI=1S/C20H17NO2.C10H10N2O2/c1-14-8-10-16(11-9-14)12-13-18(22)19-15(2)23-20(21-19)17-6-4-3-5-7-17;1-14-9-4-2-8(3-5-9)12-10(13)6-7-11/h3-13H,1-2H3;2-5H,6H2,1H3,(H,12,13)/b13-12+;. The Hall–Kier alpha value is -4.96. The van der Waals surface area contributed by atoms with Crippen LogP contribution in [0.1, 0.15) is 33.8 Å². The fourth-order valence-corrected chi connectivity index (χ4v) is 3.21. The van der Waals surface area contributed by atoms with Gasteiger partial charge in [-0.2, -0.15) is 5.26 Å². The molecule has 3 aromatic carbocycles. The highest BCUT2D eigenvalue weighted by atomic mass is 16.5. The van der Waals surface area contributed by atoms with E-state index in [-0.39, 0.29) is 18.1 Å². The minimum absolute atomic E-state index is 0.133. The zero-order chi connectivity index (χ0) is 26.6. The third-order valence-electron chi connectivity index (χ3n) is 5.17. The summed E-state index contributed by atoms with van der Waals surface area (Å²) in [6.45, 7) is 3.79. The zero-order valence-corrected chi connectivity index (χ0v) is 20.9. The van der Waals surface area contributed by atoms with Gasteiger partial charge in [-0.1, -0.05) is 54.1 Å². The molecular formula is C30H27N3O4. The molecule has 1 heterocycles. The summed E-state index contributed by atoms with van der Waals surface area (Å²) in [5.74, 6) is 1.26. The maximum atomic E-state index is 12.3. The van der Waals surface area contributed by atoms with Crippen LogP contribution < -0.4 is 10.1 Å². The van der Waals surface area contributed by atoms with Gasteiger partial charge in [0.05, 0.1) is 13.2 Å². The Bertz CT molecular complexity index is 1400. The number of ether oxygens (including phenoxy) is 1. The lowest BCUT2D eigenvalue weighted by molar-refractivity contribution is -0.115. The van der Waals surface area contributed by atoms with Crippen molar-refractivity contribution < 1.29 is 18.7 Å². The van der Waals surface area contributed by atoms with Crippen molar-refractivity contribution in [3.63, 3.8) is 0 Å². The summed E-state index contributed by atoms with van der Waals surface area (Å²) in [5, 5.41) is 10.8. The van der Waals surface area contributed by atoms with Crippen LogP contribution in [0.15, 0.2) is 89.4 Å². The minimum atomic E-state index is -0.308. The van der Waals surface area contributed by atoms with E-state index in [2.05, 4.69) is 10.3 Å². The fourth-order valence-electron chi connectivity index (χ4n) is 3.21. The van der Waals surface area contributed by atoms with Gasteiger partial charge in [0.1, 0.15) is 17.9 Å². The van der Waals surface area contributed by atoms with Gasteiger partial charge in [-0.25, -0.2) is 4.98 Å². The van der Waals surface area contributed by atoms with Crippen molar-refractivity contribution in [3.05, 3.63) is 108 Å². The highest BCUT2D eigenvalue weighted by Gasteiger charge is 2.15. The van der Waals surface area contributed by atoms with Crippen molar-refractivity contribution in [2.45, 2.75) is 20.3 Å². The van der Waals surface area contributed by atoms with Gasteiger partial charge in [0.2, 0.25) is 17.6 Å². The molecule has 1 amide bonds. The number of nitrogens with zero attached hydrogens (tertiary/aromatic N) is 2. The quantitative estimate of drug-likeness (QED) is 0.236. The zero-order valence-electron chi connectivity index (χ0n) is 20.9. The Morgan fingerprint density at radius 3 is 2.30 bits per heavy atom. The molecule has 4 aromatic rings. The molecule has 37 heavy (non-hydrogen) atoms. The Balaban J connectivity index is 0.000000233. The van der Waals surface area contributed by atoms with Crippen LogP contribution in [0, 0.1) is 25.2 Å². The third-order valence-corrected chi connectivity index (χ3v) is 5.17. The van der Waals surface area contributed by atoms with Crippen molar-refractivity contribution in [1.29, 1.82) is 5.26 Å². The van der Waals surface area contributed by atoms with Crippen LogP contribution in [0.4, 0.5) is 5.69 Å². The number of nitriles is 1. The van der Waals surface area contributed by atoms with Gasteiger partial charge in [0, 0.05) is 11.3 Å². The molecule has 0 aliphatic carbocycles. The normalized spacial score (nSPS) is 10.2. The number of amides is 1. The molecular weight excluding hydrogens is 466 g/mol. The molecule has 0 saturated heterocycles. The number of rotatable bonds is 7. The van der Waals surface area contributed by atoms with Crippen LogP contribution in [-0.2, 0) is 4.79 Å². The number of anilines is 1. The molecule has 1 aromatic heterocycles. The second kappa shape index (κ2) is 13.2. The lowest BCUT2D eigenvalue weighted by Crippen LogP contribution is -2.09. The molecule has 1 N–H and O–H groups in total. The topological polar surface area (TPSA) is 105 Å². The van der Waals surface area contributed by atoms with Crippen molar-refractivity contribution >= 4 is 23.5 Å². The maximum Gasteiger partial charge on any atom is 0.238 e. The van der Waals surface area contributed by atoms with Gasteiger partial charge in [-0.15, -0.1) is 0 Å². The number of allylic oxidation sites excluding steroid dienone is 1. The number of hydrogen-bond donors (Lipinski definition) is 1. The van der Waals surface area contributed by atoms with E-state index in [0.29, 0.717) is 23.0 Å². The Labute approximate surface area is 216 Å². The van der Waals surface area contributed by atoms with Crippen LogP contribution >= 0.6 is 0 Å². The van der Waals surface area contributed by atoms with E-state index < -0.39 is 0 Å². The highest BCUT2D eigenvalue weighted by molar-refractivity contribution is 6.06. The summed E-state index contributed by atoms with van der Waals surface area (Å²) >= 11 is 0. The number of carbonyl (C=O) groups is 2. The smallest absolute Gasteiger partial charge is 0.238 e. The highest BCUT2D eigenvalue weighted by Crippen LogP contribution is 2.22. The van der Waals surface area contributed by atoms with Gasteiger partial charge in [-0.05, 0) is 61.9 Å². The van der Waals surface area contributed by atoms with Gasteiger partial charge in [0.25, 0.3) is 0 Å². The molecule has 0 aliphatic heterocycles. The average molecular weight is 494 g/mol. The molecule has 7 nitrogen and oxygen atoms in total. The number of carbonyl (C=O) groups excluding carboxylic acids is 2. The van der Waals surface area contributed by atoms with Crippen molar-refractivity contribution in [2.24, 2.45) is 0 Å². The number of benzene rings is 3. The lowest BCUT2D eigenvalue weighted by atomic mass is 10.1. The first-order valence-electron chi connectivity index (χ1n) is 11.5. The van der Waals surface area contributed by atoms with Crippen LogP contribution in [0.3, 0.4) is 0 Å².